The molecule has 0 saturated heterocycles. The van der Waals surface area contributed by atoms with Gasteiger partial charge in [-0.1, -0.05) is 0 Å². The van der Waals surface area contributed by atoms with Gasteiger partial charge in [0, 0.05) is 28.7 Å². The van der Waals surface area contributed by atoms with Crippen LogP contribution < -0.4 is 10.6 Å². The number of phenolic OH excluding ortho intramolecular Hbond substituents is 2. The third-order valence-electron chi connectivity index (χ3n) is 4.18. The van der Waals surface area contributed by atoms with Crippen LogP contribution in [0.15, 0.2) is 6.07 Å². The molecule has 0 fully saturated rings. The van der Waals surface area contributed by atoms with Crippen LogP contribution in [0.2, 0.25) is 0 Å². The lowest BCUT2D eigenvalue weighted by atomic mass is 10.0. The lowest BCUT2D eigenvalue weighted by Gasteiger charge is -2.23. The van der Waals surface area contributed by atoms with Crippen LogP contribution in [0.4, 0.5) is 4.79 Å². The van der Waals surface area contributed by atoms with Gasteiger partial charge in [-0.3, -0.25) is 4.79 Å². The van der Waals surface area contributed by atoms with Gasteiger partial charge in [-0.2, -0.15) is 11.8 Å². The van der Waals surface area contributed by atoms with E-state index in [2.05, 4.69) is 10.1 Å². The molecule has 11 nitrogen and oxygen atoms in total. The van der Waals surface area contributed by atoms with Crippen molar-refractivity contribution >= 4 is 35.7 Å². The van der Waals surface area contributed by atoms with E-state index < -0.39 is 42.6 Å². The van der Waals surface area contributed by atoms with Gasteiger partial charge in [0.2, 0.25) is 5.91 Å². The molecule has 0 bridgehead atoms. The molecule has 2 amide bonds. The molecule has 0 aromatic heterocycles. The molecule has 2 atom stereocenters. The molecule has 5 N–H and O–H groups in total. The quantitative estimate of drug-likeness (QED) is 0.407. The van der Waals surface area contributed by atoms with E-state index >= 15 is 0 Å². The number of methoxy groups -OCH3 is 1. The van der Waals surface area contributed by atoms with Gasteiger partial charge in [0.15, 0.2) is 0 Å². The minimum Gasteiger partial charge on any atom is -0.508 e. The van der Waals surface area contributed by atoms with E-state index in [1.807, 2.05) is 5.32 Å². The first-order valence-corrected chi connectivity index (χ1v) is 9.48. The number of fused-ring (bicyclic) bond motifs is 1. The first kappa shape index (κ1) is 22.1. The van der Waals surface area contributed by atoms with Crippen molar-refractivity contribution in [2.45, 2.75) is 24.8 Å². The Kier molecular flexibility index (Phi) is 7.15. The van der Waals surface area contributed by atoms with Gasteiger partial charge >= 0.3 is 18.0 Å². The maximum absolute atomic E-state index is 12.6. The monoisotopic (exact) mass is 428 g/mol. The summed E-state index contributed by atoms with van der Waals surface area (Å²) < 4.78 is 9.72. The summed E-state index contributed by atoms with van der Waals surface area (Å²) in [5.74, 6) is -3.17. The van der Waals surface area contributed by atoms with Gasteiger partial charge in [-0.25, -0.2) is 14.4 Å². The van der Waals surface area contributed by atoms with Crippen molar-refractivity contribution in [2.24, 2.45) is 0 Å². The van der Waals surface area contributed by atoms with Crippen LogP contribution in [-0.4, -0.2) is 70.8 Å². The van der Waals surface area contributed by atoms with Crippen molar-refractivity contribution in [3.05, 3.63) is 22.8 Å². The molecule has 2 rings (SSSR count). The lowest BCUT2D eigenvalue weighted by Crippen LogP contribution is -2.54. The number of phenols is 2. The number of carbonyl (C=O) groups excluding carboxylic acids is 3. The van der Waals surface area contributed by atoms with E-state index in [9.17, 15) is 29.4 Å². The largest absolute Gasteiger partial charge is 0.508 e. The number of cyclic esters (lactones) is 1. The predicted molar refractivity (Wildman–Crippen MR) is 99.8 cm³/mol. The van der Waals surface area contributed by atoms with Crippen LogP contribution in [0.1, 0.15) is 21.5 Å². The number of thioether (sulfide) groups is 1. The van der Waals surface area contributed by atoms with Crippen molar-refractivity contribution in [3.8, 4) is 11.5 Å². The minimum atomic E-state index is -1.54. The van der Waals surface area contributed by atoms with E-state index in [0.29, 0.717) is 0 Å². The van der Waals surface area contributed by atoms with Crippen LogP contribution in [0.5, 0.6) is 11.5 Å². The van der Waals surface area contributed by atoms with Gasteiger partial charge in [0.25, 0.3) is 0 Å². The summed E-state index contributed by atoms with van der Waals surface area (Å²) in [5.41, 5.74) is 0.227. The number of carbonyl (C=O) groups is 4. The maximum Gasteiger partial charge on any atom is 0.405 e. The predicted octanol–water partition coefficient (Wildman–Crippen LogP) is 0.104. The van der Waals surface area contributed by atoms with Crippen LogP contribution >= 0.6 is 11.8 Å². The summed E-state index contributed by atoms with van der Waals surface area (Å²) in [6.45, 7) is 0.773. The second-order valence-electron chi connectivity index (χ2n) is 6.09. The SMILES string of the molecule is COC(=O)[C@@H]1CSCc2c(O)cc(O)c(C)c2C(=O)OC[C@@H](NC(=O)O)C(=O)N1. The lowest BCUT2D eigenvalue weighted by molar-refractivity contribution is -0.144. The zero-order chi connectivity index (χ0) is 21.7. The van der Waals surface area contributed by atoms with Crippen molar-refractivity contribution in [3.63, 3.8) is 0 Å². The molecular weight excluding hydrogens is 408 g/mol. The highest BCUT2D eigenvalue weighted by Gasteiger charge is 2.31. The first-order chi connectivity index (χ1) is 13.6. The fourth-order valence-corrected chi connectivity index (χ4v) is 3.72. The van der Waals surface area contributed by atoms with E-state index in [-0.39, 0.29) is 39.7 Å². The second-order valence-corrected chi connectivity index (χ2v) is 7.12. The Bertz CT molecular complexity index is 843. The topological polar surface area (TPSA) is 171 Å². The van der Waals surface area contributed by atoms with E-state index in [4.69, 9.17) is 9.84 Å². The Morgan fingerprint density at radius 2 is 2.00 bits per heavy atom. The normalized spacial score (nSPS) is 20.2. The number of amides is 2. The highest BCUT2D eigenvalue weighted by molar-refractivity contribution is 7.98. The molecule has 0 saturated carbocycles. The van der Waals surface area contributed by atoms with Gasteiger partial charge in [-0.05, 0) is 6.92 Å². The van der Waals surface area contributed by atoms with E-state index in [1.54, 1.807) is 0 Å². The van der Waals surface area contributed by atoms with E-state index in [0.717, 1.165) is 24.9 Å². The number of nitrogens with one attached hydrogen (secondary N) is 2. The third-order valence-corrected chi connectivity index (χ3v) is 5.24. The fraction of sp³-hybridized carbons (Fsp3) is 0.412. The van der Waals surface area contributed by atoms with Gasteiger partial charge in [0.1, 0.15) is 30.2 Å². The number of aromatic hydroxyl groups is 2. The Hall–Kier alpha value is -3.15. The van der Waals surface area contributed by atoms with Crippen molar-refractivity contribution in [1.29, 1.82) is 0 Å². The standard InChI is InChI=1S/C17H20N2O9S/c1-7-11(20)3-12(21)8-5-29-6-10(15(23)27-2)18-14(22)9(19-17(25)26)4-28-16(24)13(7)8/h3,9-10,19-21H,4-6H2,1-2H3,(H,18,22)(H,25,26)/t9-,10+/m1/s1. The van der Waals surface area contributed by atoms with Gasteiger partial charge in [-0.15, -0.1) is 0 Å². The van der Waals surface area contributed by atoms with Crippen molar-refractivity contribution in [1.82, 2.24) is 10.6 Å². The van der Waals surface area contributed by atoms with Crippen molar-refractivity contribution in [2.75, 3.05) is 19.5 Å². The molecule has 1 aliphatic heterocycles. The number of ether oxygens (including phenoxy) is 2. The molecule has 12 heteroatoms. The molecule has 1 heterocycles. The molecular formula is C17H20N2O9S. The van der Waals surface area contributed by atoms with Crippen LogP contribution in [-0.2, 0) is 24.8 Å². The molecule has 0 spiro atoms. The van der Waals surface area contributed by atoms with Crippen LogP contribution in [0.25, 0.3) is 0 Å². The summed E-state index contributed by atoms with van der Waals surface area (Å²) >= 11 is 1.11. The second kappa shape index (κ2) is 9.37. The summed E-state index contributed by atoms with van der Waals surface area (Å²) in [6.07, 6.45) is -1.54. The third kappa shape index (κ3) is 5.22. The molecule has 29 heavy (non-hydrogen) atoms. The van der Waals surface area contributed by atoms with Gasteiger partial charge in [0.05, 0.1) is 12.7 Å². The first-order valence-electron chi connectivity index (χ1n) is 8.32. The summed E-state index contributed by atoms with van der Waals surface area (Å²) in [7, 11) is 1.14. The number of hydrogen-bond donors (Lipinski definition) is 5. The summed E-state index contributed by atoms with van der Waals surface area (Å²) in [4.78, 5) is 47.9. The summed E-state index contributed by atoms with van der Waals surface area (Å²) in [6, 6.07) is -1.51. The summed E-state index contributed by atoms with van der Waals surface area (Å²) in [5, 5.41) is 33.3. The average Bonchev–Trinajstić information content (AvgIpc) is 2.66. The zero-order valence-corrected chi connectivity index (χ0v) is 16.4. The number of carboxylic acid groups (broad SMARTS) is 1. The van der Waals surface area contributed by atoms with Crippen LogP contribution in [0, 0.1) is 6.92 Å². The zero-order valence-electron chi connectivity index (χ0n) is 15.6. The number of esters is 2. The average molecular weight is 428 g/mol. The molecule has 158 valence electrons. The molecule has 0 radical (unpaired) electrons. The fourth-order valence-electron chi connectivity index (χ4n) is 2.65. The van der Waals surface area contributed by atoms with Crippen LogP contribution in [0.3, 0.4) is 0 Å². The smallest absolute Gasteiger partial charge is 0.405 e. The van der Waals surface area contributed by atoms with E-state index in [1.165, 1.54) is 6.92 Å². The Labute approximate surface area is 169 Å². The number of hydrogen-bond acceptors (Lipinski definition) is 9. The number of rotatable bonds is 2. The molecule has 1 aromatic rings. The highest BCUT2D eigenvalue weighted by atomic mass is 32.2. The molecule has 0 aliphatic carbocycles. The molecule has 1 aromatic carbocycles. The number of benzene rings is 1. The van der Waals surface area contributed by atoms with Gasteiger partial charge < -0.3 is 35.4 Å². The maximum atomic E-state index is 12.6. The Balaban J connectivity index is 2.46. The molecule has 0 unspecified atom stereocenters. The highest BCUT2D eigenvalue weighted by Crippen LogP contribution is 2.35. The Morgan fingerprint density at radius 3 is 2.62 bits per heavy atom. The Morgan fingerprint density at radius 1 is 1.31 bits per heavy atom. The van der Waals surface area contributed by atoms with Crippen molar-refractivity contribution < 1.29 is 44.0 Å². The molecule has 1 aliphatic rings. The minimum absolute atomic E-state index is 0.0199.